The molecule has 1 atom stereocenters. The second-order valence-corrected chi connectivity index (χ2v) is 13.4. The molecule has 4 rings (SSSR count). The fourth-order valence-corrected chi connectivity index (χ4v) is 6.13. The maximum Gasteiger partial charge on any atom is 0.328 e. The molecule has 0 fully saturated rings. The van der Waals surface area contributed by atoms with Gasteiger partial charge in [-0.3, -0.25) is 0 Å². The number of aliphatic hydroxyl groups is 1. The molecule has 4 aromatic carbocycles. The highest BCUT2D eigenvalue weighted by Gasteiger charge is 2.24. The van der Waals surface area contributed by atoms with Crippen molar-refractivity contribution in [2.75, 3.05) is 20.1 Å². The molecule has 0 aliphatic rings. The van der Waals surface area contributed by atoms with Gasteiger partial charge < -0.3 is 15.5 Å². The third-order valence-corrected chi connectivity index (χ3v) is 8.96. The summed E-state index contributed by atoms with van der Waals surface area (Å²) in [6.07, 6.45) is 2.51. The number of hydrogen-bond donors (Lipinski definition) is 3. The summed E-state index contributed by atoms with van der Waals surface area (Å²) in [6.45, 7) is 4.38. The van der Waals surface area contributed by atoms with E-state index in [9.17, 15) is 18.3 Å². The number of nitrogens with one attached hydrogen (secondary N) is 1. The van der Waals surface area contributed by atoms with Crippen LogP contribution < -0.4 is 5.32 Å². The minimum atomic E-state index is -3.65. The predicted molar refractivity (Wildman–Crippen MR) is 170 cm³/mol. The molecule has 0 aliphatic carbocycles. The Kier molecular flexibility index (Phi) is 9.96. The largest absolute Gasteiger partial charge is 0.478 e. The number of likely N-dealkylation sites (N-methyl/N-ethyl adjacent to an activating group) is 1. The molecule has 0 radical (unpaired) electrons. The molecule has 8 heteroatoms. The number of sulfonamides is 1. The SMILES string of the molecule is CN(CC(O)CNC(C)(C)Cc1ccc2ccccc2c1)S(=O)(=O)Cc1ccc(-c2cccc(C=CC(=O)O)c2)cc1. The fraction of sp³-hybridized carbons (Fsp3) is 0.265. The van der Waals surface area contributed by atoms with Crippen LogP contribution in [0.2, 0.25) is 0 Å². The Morgan fingerprint density at radius 3 is 2.31 bits per heavy atom. The van der Waals surface area contributed by atoms with Gasteiger partial charge in [0.1, 0.15) is 0 Å². The molecule has 3 N–H and O–H groups in total. The number of carboxylic acids is 1. The average molecular weight is 587 g/mol. The smallest absolute Gasteiger partial charge is 0.328 e. The maximum atomic E-state index is 13.1. The van der Waals surface area contributed by atoms with Crippen LogP contribution in [0.5, 0.6) is 0 Å². The van der Waals surface area contributed by atoms with Gasteiger partial charge in [0, 0.05) is 31.8 Å². The van der Waals surface area contributed by atoms with E-state index in [1.807, 2.05) is 48.5 Å². The average Bonchev–Trinajstić information content (AvgIpc) is 2.95. The Labute approximate surface area is 248 Å². The summed E-state index contributed by atoms with van der Waals surface area (Å²) >= 11 is 0. The molecule has 42 heavy (non-hydrogen) atoms. The highest BCUT2D eigenvalue weighted by molar-refractivity contribution is 7.88. The van der Waals surface area contributed by atoms with Crippen molar-refractivity contribution < 1.29 is 23.4 Å². The molecular weight excluding hydrogens is 548 g/mol. The normalized spacial score (nSPS) is 13.2. The van der Waals surface area contributed by atoms with Crippen LogP contribution in [0.15, 0.2) is 97.1 Å². The monoisotopic (exact) mass is 586 g/mol. The van der Waals surface area contributed by atoms with E-state index in [-0.39, 0.29) is 24.4 Å². The predicted octanol–water partition coefficient (Wildman–Crippen LogP) is 5.34. The number of carboxylic acid groups (broad SMARTS) is 1. The van der Waals surface area contributed by atoms with Gasteiger partial charge in [0.05, 0.1) is 11.9 Å². The lowest BCUT2D eigenvalue weighted by molar-refractivity contribution is -0.131. The van der Waals surface area contributed by atoms with Crippen LogP contribution in [0.4, 0.5) is 0 Å². The van der Waals surface area contributed by atoms with E-state index in [1.54, 1.807) is 12.1 Å². The number of fused-ring (bicyclic) bond motifs is 1. The van der Waals surface area contributed by atoms with Gasteiger partial charge in [0.25, 0.3) is 0 Å². The molecule has 0 spiro atoms. The first kappa shape index (κ1) is 31.1. The molecule has 0 aliphatic heterocycles. The van der Waals surface area contributed by atoms with Crippen molar-refractivity contribution >= 4 is 32.8 Å². The zero-order valence-corrected chi connectivity index (χ0v) is 25.0. The van der Waals surface area contributed by atoms with Gasteiger partial charge in [-0.05, 0) is 71.0 Å². The topological polar surface area (TPSA) is 107 Å². The quantitative estimate of drug-likeness (QED) is 0.183. The van der Waals surface area contributed by atoms with Crippen LogP contribution in [0.1, 0.15) is 30.5 Å². The van der Waals surface area contributed by atoms with E-state index in [2.05, 4.69) is 49.5 Å². The molecule has 0 aromatic heterocycles. The summed E-state index contributed by atoms with van der Waals surface area (Å²) in [5.41, 5.74) is 4.07. The lowest BCUT2D eigenvalue weighted by Crippen LogP contribution is -2.47. The Morgan fingerprint density at radius 1 is 0.905 bits per heavy atom. The van der Waals surface area contributed by atoms with Crippen molar-refractivity contribution in [2.45, 2.75) is 37.7 Å². The number of rotatable bonds is 13. The lowest BCUT2D eigenvalue weighted by atomic mass is 9.93. The molecule has 0 heterocycles. The molecule has 0 saturated heterocycles. The Bertz CT molecular complexity index is 1660. The first-order chi connectivity index (χ1) is 19.9. The highest BCUT2D eigenvalue weighted by atomic mass is 32.2. The molecule has 220 valence electrons. The highest BCUT2D eigenvalue weighted by Crippen LogP contribution is 2.23. The van der Waals surface area contributed by atoms with Gasteiger partial charge in [-0.15, -0.1) is 0 Å². The number of carbonyl (C=O) groups is 1. The molecule has 7 nitrogen and oxygen atoms in total. The zero-order valence-electron chi connectivity index (χ0n) is 24.2. The van der Waals surface area contributed by atoms with Crippen LogP contribution in [-0.2, 0) is 27.0 Å². The van der Waals surface area contributed by atoms with Crippen LogP contribution in [0.25, 0.3) is 28.0 Å². The van der Waals surface area contributed by atoms with E-state index in [1.165, 1.54) is 33.8 Å². The minimum Gasteiger partial charge on any atom is -0.478 e. The molecular formula is C34H38N2O5S. The van der Waals surface area contributed by atoms with E-state index >= 15 is 0 Å². The summed E-state index contributed by atoms with van der Waals surface area (Å²) in [5.74, 6) is -1.20. The summed E-state index contributed by atoms with van der Waals surface area (Å²) < 4.78 is 27.3. The second kappa shape index (κ2) is 13.4. The molecule has 1 unspecified atom stereocenters. The van der Waals surface area contributed by atoms with E-state index < -0.39 is 22.1 Å². The third kappa shape index (κ3) is 8.84. The van der Waals surface area contributed by atoms with Gasteiger partial charge in [-0.1, -0.05) is 84.9 Å². The molecule has 0 amide bonds. The van der Waals surface area contributed by atoms with Gasteiger partial charge in [-0.2, -0.15) is 0 Å². The standard InChI is InChI=1S/C34H38N2O5S/c1-34(2,21-27-13-17-28-8-4-5-9-30(28)20-27)35-22-32(37)23-36(3)42(40,41)24-26-11-15-29(16-12-26)31-10-6-7-25(19-31)14-18-33(38)39/h4-20,32,35,37H,21-24H2,1-3H3,(H,38,39). The molecule has 0 saturated carbocycles. The van der Waals surface area contributed by atoms with Crippen molar-refractivity contribution in [3.8, 4) is 11.1 Å². The van der Waals surface area contributed by atoms with E-state index in [4.69, 9.17) is 5.11 Å². The minimum absolute atomic E-state index is 0.0177. The number of aliphatic carboxylic acids is 1. The number of nitrogens with zero attached hydrogens (tertiary/aromatic N) is 1. The summed E-state index contributed by atoms with van der Waals surface area (Å²) in [7, 11) is -2.16. The fourth-order valence-electron chi connectivity index (χ4n) is 4.89. The first-order valence-corrected chi connectivity index (χ1v) is 15.5. The van der Waals surface area contributed by atoms with Gasteiger partial charge in [-0.25, -0.2) is 17.5 Å². The maximum absolute atomic E-state index is 13.1. The Morgan fingerprint density at radius 2 is 1.60 bits per heavy atom. The third-order valence-electron chi connectivity index (χ3n) is 7.16. The summed E-state index contributed by atoms with van der Waals surface area (Å²) in [5, 5.41) is 25.3. The van der Waals surface area contributed by atoms with Crippen LogP contribution in [0.3, 0.4) is 0 Å². The van der Waals surface area contributed by atoms with Crippen LogP contribution in [-0.4, -0.2) is 60.7 Å². The van der Waals surface area contributed by atoms with Crippen molar-refractivity contribution in [1.29, 1.82) is 0 Å². The zero-order chi connectivity index (χ0) is 30.3. The lowest BCUT2D eigenvalue weighted by Gasteiger charge is -2.29. The Balaban J connectivity index is 1.30. The number of hydrogen-bond acceptors (Lipinski definition) is 5. The first-order valence-electron chi connectivity index (χ1n) is 13.9. The van der Waals surface area contributed by atoms with Crippen molar-refractivity contribution in [3.63, 3.8) is 0 Å². The second-order valence-electron chi connectivity index (χ2n) is 11.3. The number of β-amino-alcohol motifs (C(OH)–C–C–N with tert-alkyl or cyclic N) is 1. The summed E-state index contributed by atoms with van der Waals surface area (Å²) in [4.78, 5) is 10.8. The Hall–Kier alpha value is -3.82. The van der Waals surface area contributed by atoms with Gasteiger partial charge in [0.2, 0.25) is 10.0 Å². The van der Waals surface area contributed by atoms with Gasteiger partial charge in [0.15, 0.2) is 0 Å². The van der Waals surface area contributed by atoms with Crippen LogP contribution in [0, 0.1) is 0 Å². The van der Waals surface area contributed by atoms with E-state index in [0.29, 0.717) is 5.56 Å². The van der Waals surface area contributed by atoms with Crippen molar-refractivity contribution in [1.82, 2.24) is 9.62 Å². The van der Waals surface area contributed by atoms with Gasteiger partial charge >= 0.3 is 5.97 Å². The number of benzene rings is 4. The van der Waals surface area contributed by atoms with Crippen molar-refractivity contribution in [3.05, 3.63) is 114 Å². The molecule has 0 bridgehead atoms. The van der Waals surface area contributed by atoms with Crippen LogP contribution >= 0.6 is 0 Å². The van der Waals surface area contributed by atoms with Crippen molar-refractivity contribution in [2.24, 2.45) is 0 Å². The summed E-state index contributed by atoms with van der Waals surface area (Å²) in [6, 6.07) is 29.3. The van der Waals surface area contributed by atoms with E-state index in [0.717, 1.165) is 29.2 Å². The molecule has 4 aromatic rings. The number of aliphatic hydroxyl groups excluding tert-OH is 1.